The van der Waals surface area contributed by atoms with Crippen LogP contribution in [0.1, 0.15) is 33.6 Å². The van der Waals surface area contributed by atoms with Crippen LogP contribution >= 0.6 is 0 Å². The van der Waals surface area contributed by atoms with E-state index in [-0.39, 0.29) is 11.1 Å². The molecule has 0 spiro atoms. The van der Waals surface area contributed by atoms with Crippen molar-refractivity contribution < 1.29 is 17.0 Å². The van der Waals surface area contributed by atoms with E-state index in [4.69, 9.17) is 8.61 Å². The van der Waals surface area contributed by atoms with E-state index in [1.54, 1.807) is 0 Å². The van der Waals surface area contributed by atoms with Crippen LogP contribution in [-0.4, -0.2) is 59.7 Å². The lowest BCUT2D eigenvalue weighted by Crippen LogP contribution is -2.59. The minimum absolute atomic E-state index is 0.173. The number of hydrogen-bond acceptors (Lipinski definition) is 5. The van der Waals surface area contributed by atoms with Crippen molar-refractivity contribution >= 4 is 18.4 Å². The molecule has 3 rings (SSSR count). The van der Waals surface area contributed by atoms with E-state index in [0.29, 0.717) is 18.5 Å². The van der Waals surface area contributed by atoms with Gasteiger partial charge in [-0.25, -0.2) is 0 Å². The molecule has 5 nitrogen and oxygen atoms in total. The Hall–Kier alpha value is 0.0469. The molecule has 3 aliphatic rings. The second-order valence-electron chi connectivity index (χ2n) is 8.34. The Balaban J connectivity index is 1.92. The predicted molar refractivity (Wildman–Crippen MR) is 91.0 cm³/mol. The molecule has 22 heavy (non-hydrogen) atoms. The van der Waals surface area contributed by atoms with Crippen molar-refractivity contribution in [2.75, 3.05) is 26.0 Å². The molecule has 130 valence electrons. The van der Waals surface area contributed by atoms with Crippen molar-refractivity contribution in [3.05, 3.63) is 0 Å². The Morgan fingerprint density at radius 2 is 1.91 bits per heavy atom. The minimum Gasteiger partial charge on any atom is -0.415 e. The minimum atomic E-state index is -3.37. The molecule has 0 amide bonds. The van der Waals surface area contributed by atoms with Gasteiger partial charge in [0.1, 0.15) is 0 Å². The molecule has 0 saturated carbocycles. The van der Waals surface area contributed by atoms with Crippen LogP contribution in [0, 0.1) is 5.92 Å². The van der Waals surface area contributed by atoms with E-state index in [9.17, 15) is 8.42 Å². The largest absolute Gasteiger partial charge is 0.415 e. The Labute approximate surface area is 136 Å². The van der Waals surface area contributed by atoms with Gasteiger partial charge in [0.25, 0.3) is 10.1 Å². The fraction of sp³-hybridized carbons (Fsp3) is 1.00. The first-order valence-corrected chi connectivity index (χ1v) is 12.9. The number of rotatable bonds is 5. The molecule has 0 N–H and O–H groups in total. The zero-order valence-corrected chi connectivity index (χ0v) is 16.6. The molecule has 0 aliphatic carbocycles. The van der Waals surface area contributed by atoms with E-state index < -0.39 is 18.4 Å². The van der Waals surface area contributed by atoms with Crippen LogP contribution in [0.25, 0.3) is 0 Å². The van der Waals surface area contributed by atoms with Gasteiger partial charge in [-0.15, -0.1) is 0 Å². The highest BCUT2D eigenvalue weighted by molar-refractivity contribution is 7.86. The summed E-state index contributed by atoms with van der Waals surface area (Å²) < 4.78 is 34.3. The van der Waals surface area contributed by atoms with Crippen LogP contribution in [0.5, 0.6) is 0 Å². The molecule has 3 heterocycles. The van der Waals surface area contributed by atoms with Gasteiger partial charge < -0.3 is 4.43 Å². The first-order chi connectivity index (χ1) is 9.89. The number of piperidine rings is 3. The Morgan fingerprint density at radius 3 is 2.36 bits per heavy atom. The summed E-state index contributed by atoms with van der Waals surface area (Å²) in [6.07, 6.45) is 2.97. The van der Waals surface area contributed by atoms with Crippen LogP contribution in [0.4, 0.5) is 0 Å². The zero-order chi connectivity index (χ0) is 16.8. The molecule has 0 radical (unpaired) electrons. The van der Waals surface area contributed by atoms with Crippen molar-refractivity contribution in [3.63, 3.8) is 0 Å². The lowest BCUT2D eigenvalue weighted by molar-refractivity contribution is -0.0521. The smallest absolute Gasteiger partial charge is 0.264 e. The summed E-state index contributed by atoms with van der Waals surface area (Å²) in [5.74, 6) is 0.341. The predicted octanol–water partition coefficient (Wildman–Crippen LogP) is 2.45. The molecule has 7 heteroatoms. The second-order valence-corrected chi connectivity index (χ2v) is 14.8. The lowest BCUT2D eigenvalue weighted by atomic mass is 9.81. The second kappa shape index (κ2) is 6.16. The van der Waals surface area contributed by atoms with Crippen molar-refractivity contribution in [1.29, 1.82) is 0 Å². The fourth-order valence-electron chi connectivity index (χ4n) is 3.12. The van der Waals surface area contributed by atoms with Crippen LogP contribution in [0.3, 0.4) is 0 Å². The molecule has 3 saturated heterocycles. The summed E-state index contributed by atoms with van der Waals surface area (Å²) in [7, 11) is -5.10. The van der Waals surface area contributed by atoms with Gasteiger partial charge in [-0.05, 0) is 43.4 Å². The van der Waals surface area contributed by atoms with E-state index in [0.717, 1.165) is 32.2 Å². The van der Waals surface area contributed by atoms with E-state index in [1.165, 1.54) is 0 Å². The van der Waals surface area contributed by atoms with E-state index in [1.807, 2.05) is 0 Å². The molecular weight excluding hydrogens is 318 g/mol. The highest BCUT2D eigenvalue weighted by Crippen LogP contribution is 2.39. The van der Waals surface area contributed by atoms with E-state index in [2.05, 4.69) is 38.8 Å². The first kappa shape index (κ1) is 18.4. The maximum atomic E-state index is 11.4. The van der Waals surface area contributed by atoms with Crippen LogP contribution in [0.15, 0.2) is 0 Å². The molecule has 4 atom stereocenters. The van der Waals surface area contributed by atoms with Crippen molar-refractivity contribution in [3.8, 4) is 0 Å². The number of fused-ring (bicyclic) bond motifs is 3. The summed E-state index contributed by atoms with van der Waals surface area (Å²) in [4.78, 5) is 2.35. The molecule has 0 aromatic heterocycles. The Bertz CT molecular complexity index is 500. The van der Waals surface area contributed by atoms with Gasteiger partial charge in [-0.3, -0.25) is 9.08 Å². The summed E-state index contributed by atoms with van der Waals surface area (Å²) >= 11 is 0. The van der Waals surface area contributed by atoms with Crippen molar-refractivity contribution in [2.45, 2.75) is 63.9 Å². The molecule has 0 aromatic rings. The highest BCUT2D eigenvalue weighted by Gasteiger charge is 2.44. The van der Waals surface area contributed by atoms with Crippen LogP contribution < -0.4 is 0 Å². The molecule has 3 aliphatic heterocycles. The number of nitrogens with zero attached hydrogens (tertiary/aromatic N) is 1. The summed E-state index contributed by atoms with van der Waals surface area (Å²) in [5, 5.41) is 0.220. The summed E-state index contributed by atoms with van der Waals surface area (Å²) in [5.41, 5.74) is 0. The SMILES string of the molecule is CC(C)(C)[Si](C)(C)OC[C@H]1C[C@@H]2CCN1C[C@@H]2OS(C)(=O)=O. The normalized spacial score (nSPS) is 33.2. The van der Waals surface area contributed by atoms with Gasteiger partial charge in [-0.2, -0.15) is 8.42 Å². The third-order valence-corrected chi connectivity index (χ3v) is 10.7. The Kier molecular flexibility index (Phi) is 5.15. The van der Waals surface area contributed by atoms with Gasteiger partial charge in [0.15, 0.2) is 8.32 Å². The van der Waals surface area contributed by atoms with Gasteiger partial charge in [-0.1, -0.05) is 20.8 Å². The van der Waals surface area contributed by atoms with Gasteiger partial charge in [0.2, 0.25) is 0 Å². The maximum absolute atomic E-state index is 11.4. The third-order valence-electron chi connectivity index (χ3n) is 5.56. The highest BCUT2D eigenvalue weighted by atomic mass is 32.2. The van der Waals surface area contributed by atoms with Gasteiger partial charge in [0.05, 0.1) is 12.4 Å². The van der Waals surface area contributed by atoms with Crippen molar-refractivity contribution in [2.24, 2.45) is 5.92 Å². The molecule has 1 unspecified atom stereocenters. The van der Waals surface area contributed by atoms with Crippen molar-refractivity contribution in [1.82, 2.24) is 4.90 Å². The first-order valence-electron chi connectivity index (χ1n) is 8.15. The lowest BCUT2D eigenvalue weighted by Gasteiger charge is -2.50. The van der Waals surface area contributed by atoms with Gasteiger partial charge >= 0.3 is 0 Å². The standard InChI is InChI=1S/C15H31NO4SSi/c1-15(2,3)22(5,6)19-11-13-9-12-7-8-16(13)10-14(12)20-21(4,17)18/h12-14H,7-11H2,1-6H3/t12-,13+,14-/m0/s1. The molecule has 2 bridgehead atoms. The zero-order valence-electron chi connectivity index (χ0n) is 14.8. The molecular formula is C15H31NO4SSi. The summed E-state index contributed by atoms with van der Waals surface area (Å²) in [6, 6.07) is 0.410. The quantitative estimate of drug-likeness (QED) is 0.564. The number of hydrogen-bond donors (Lipinski definition) is 0. The Morgan fingerprint density at radius 1 is 1.27 bits per heavy atom. The monoisotopic (exact) mass is 349 g/mol. The average molecular weight is 350 g/mol. The van der Waals surface area contributed by atoms with Crippen LogP contribution in [0.2, 0.25) is 18.1 Å². The topological polar surface area (TPSA) is 55.8 Å². The van der Waals surface area contributed by atoms with Gasteiger partial charge in [0, 0.05) is 19.2 Å². The third kappa shape index (κ3) is 4.32. The molecule has 3 fully saturated rings. The fourth-order valence-corrected chi connectivity index (χ4v) is 4.83. The summed E-state index contributed by atoms with van der Waals surface area (Å²) in [6.45, 7) is 13.8. The molecule has 0 aromatic carbocycles. The van der Waals surface area contributed by atoms with E-state index >= 15 is 0 Å². The maximum Gasteiger partial charge on any atom is 0.264 e. The average Bonchev–Trinajstić information content (AvgIpc) is 2.34. The van der Waals surface area contributed by atoms with Crippen LogP contribution in [-0.2, 0) is 18.7 Å².